The van der Waals surface area contributed by atoms with Crippen LogP contribution in [0.4, 0.5) is 0 Å². The second-order valence-electron chi connectivity index (χ2n) is 4.97. The maximum absolute atomic E-state index is 11.0. The Balaban J connectivity index is 2.21. The molecule has 106 valence electrons. The first-order valence-corrected chi connectivity index (χ1v) is 7.23. The summed E-state index contributed by atoms with van der Waals surface area (Å²) in [6, 6.07) is 11.0. The molecule has 5 heteroatoms. The number of benzene rings is 2. The molecule has 0 saturated carbocycles. The molecule has 0 atom stereocenters. The summed E-state index contributed by atoms with van der Waals surface area (Å²) in [5.74, 6) is -0.119. The van der Waals surface area contributed by atoms with Gasteiger partial charge in [-0.2, -0.15) is 0 Å². The van der Waals surface area contributed by atoms with Crippen LogP contribution in [-0.4, -0.2) is 20.6 Å². The van der Waals surface area contributed by atoms with E-state index >= 15 is 0 Å². The Hall–Kier alpha value is -2.14. The lowest BCUT2D eigenvalue weighted by atomic mass is 10.1. The average Bonchev–Trinajstić information content (AvgIpc) is 2.78. The fourth-order valence-electron chi connectivity index (χ4n) is 2.37. The van der Waals surface area contributed by atoms with Crippen molar-refractivity contribution in [3.05, 3.63) is 52.0 Å². The van der Waals surface area contributed by atoms with Crippen LogP contribution in [0.2, 0.25) is 0 Å². The van der Waals surface area contributed by atoms with Crippen LogP contribution >= 0.6 is 15.9 Å². The Morgan fingerprint density at radius 2 is 2.00 bits per heavy atom. The zero-order valence-corrected chi connectivity index (χ0v) is 13.2. The van der Waals surface area contributed by atoms with E-state index in [2.05, 4.69) is 27.0 Å². The summed E-state index contributed by atoms with van der Waals surface area (Å²) in [4.78, 5) is 15.6. The summed E-state index contributed by atoms with van der Waals surface area (Å²) in [5.41, 5.74) is 3.99. The molecule has 1 N–H and O–H groups in total. The molecule has 0 unspecified atom stereocenters. The molecule has 0 aliphatic rings. The molecule has 1 aromatic heterocycles. The van der Waals surface area contributed by atoms with E-state index in [4.69, 9.17) is 5.11 Å². The summed E-state index contributed by atoms with van der Waals surface area (Å²) >= 11 is 3.49. The molecule has 0 amide bonds. The Kier molecular flexibility index (Phi) is 3.29. The monoisotopic (exact) mass is 344 g/mol. The van der Waals surface area contributed by atoms with Crippen molar-refractivity contribution >= 4 is 32.9 Å². The Morgan fingerprint density at radius 1 is 1.24 bits per heavy atom. The Bertz CT molecular complexity index is 868. The number of aryl methyl sites for hydroxylation is 2. The first-order valence-electron chi connectivity index (χ1n) is 6.43. The van der Waals surface area contributed by atoms with E-state index in [0.29, 0.717) is 5.52 Å². The standard InChI is InChI=1S/C16H13BrN2O2/c1-9-7-10(3-5-12(9)17)15-18-13-8-11(16(20)21)4-6-14(13)19(15)2/h3-8H,1-2H3,(H,20,21). The molecule has 1 heterocycles. The van der Waals surface area contributed by atoms with E-state index in [1.165, 1.54) is 0 Å². The van der Waals surface area contributed by atoms with Crippen molar-refractivity contribution in [2.45, 2.75) is 6.92 Å². The SMILES string of the molecule is Cc1cc(-c2nc3cc(C(=O)O)ccc3n2C)ccc1Br. The van der Waals surface area contributed by atoms with Crippen molar-refractivity contribution in [3.8, 4) is 11.4 Å². The fraction of sp³-hybridized carbons (Fsp3) is 0.125. The van der Waals surface area contributed by atoms with Gasteiger partial charge in [-0.25, -0.2) is 9.78 Å². The molecular formula is C16H13BrN2O2. The van der Waals surface area contributed by atoms with Crippen molar-refractivity contribution in [3.63, 3.8) is 0 Å². The van der Waals surface area contributed by atoms with Gasteiger partial charge in [-0.15, -0.1) is 0 Å². The molecule has 3 rings (SSSR count). The maximum atomic E-state index is 11.0. The number of hydrogen-bond donors (Lipinski definition) is 1. The van der Waals surface area contributed by atoms with E-state index in [-0.39, 0.29) is 5.56 Å². The highest BCUT2D eigenvalue weighted by atomic mass is 79.9. The number of carboxylic acids is 1. The van der Waals surface area contributed by atoms with Crippen molar-refractivity contribution in [2.24, 2.45) is 7.05 Å². The third kappa shape index (κ3) is 2.34. The smallest absolute Gasteiger partial charge is 0.335 e. The van der Waals surface area contributed by atoms with Crippen LogP contribution < -0.4 is 0 Å². The number of imidazole rings is 1. The van der Waals surface area contributed by atoms with Gasteiger partial charge in [-0.1, -0.05) is 22.0 Å². The molecule has 0 saturated heterocycles. The van der Waals surface area contributed by atoms with Gasteiger partial charge < -0.3 is 9.67 Å². The van der Waals surface area contributed by atoms with Crippen LogP contribution in [0.5, 0.6) is 0 Å². The number of carboxylic acid groups (broad SMARTS) is 1. The normalized spacial score (nSPS) is 11.0. The molecule has 2 aromatic carbocycles. The van der Waals surface area contributed by atoms with Gasteiger partial charge in [0.25, 0.3) is 0 Å². The van der Waals surface area contributed by atoms with Crippen molar-refractivity contribution in [1.29, 1.82) is 0 Å². The molecule has 3 aromatic rings. The van der Waals surface area contributed by atoms with E-state index in [0.717, 1.165) is 26.9 Å². The Labute approximate surface area is 130 Å². The van der Waals surface area contributed by atoms with Crippen LogP contribution in [0.3, 0.4) is 0 Å². The molecule has 0 fully saturated rings. The summed E-state index contributed by atoms with van der Waals surface area (Å²) in [6.07, 6.45) is 0. The largest absolute Gasteiger partial charge is 0.478 e. The van der Waals surface area contributed by atoms with E-state index in [1.54, 1.807) is 18.2 Å². The van der Waals surface area contributed by atoms with Gasteiger partial charge in [-0.05, 0) is 42.8 Å². The van der Waals surface area contributed by atoms with E-state index in [1.807, 2.05) is 30.7 Å². The highest BCUT2D eigenvalue weighted by Gasteiger charge is 2.12. The van der Waals surface area contributed by atoms with Crippen LogP contribution in [0.15, 0.2) is 40.9 Å². The minimum Gasteiger partial charge on any atom is -0.478 e. The molecule has 4 nitrogen and oxygen atoms in total. The Morgan fingerprint density at radius 3 is 2.67 bits per heavy atom. The van der Waals surface area contributed by atoms with E-state index in [9.17, 15) is 4.79 Å². The summed E-state index contributed by atoms with van der Waals surface area (Å²) in [5, 5.41) is 9.06. The highest BCUT2D eigenvalue weighted by Crippen LogP contribution is 2.27. The molecule has 0 aliphatic heterocycles. The number of halogens is 1. The first kappa shape index (κ1) is 13.8. The van der Waals surface area contributed by atoms with Gasteiger partial charge >= 0.3 is 5.97 Å². The molecule has 0 radical (unpaired) electrons. The van der Waals surface area contributed by atoms with Gasteiger partial charge in [0.2, 0.25) is 0 Å². The number of carbonyl (C=O) groups is 1. The fourth-order valence-corrected chi connectivity index (χ4v) is 2.62. The lowest BCUT2D eigenvalue weighted by Crippen LogP contribution is -1.96. The van der Waals surface area contributed by atoms with Crippen LogP contribution in [0, 0.1) is 6.92 Å². The lowest BCUT2D eigenvalue weighted by Gasteiger charge is -2.05. The highest BCUT2D eigenvalue weighted by molar-refractivity contribution is 9.10. The topological polar surface area (TPSA) is 55.1 Å². The summed E-state index contributed by atoms with van der Waals surface area (Å²) in [7, 11) is 1.93. The number of nitrogens with zero attached hydrogens (tertiary/aromatic N) is 2. The second-order valence-corrected chi connectivity index (χ2v) is 5.82. The van der Waals surface area contributed by atoms with Crippen molar-refractivity contribution in [2.75, 3.05) is 0 Å². The zero-order valence-electron chi connectivity index (χ0n) is 11.6. The van der Waals surface area contributed by atoms with Crippen LogP contribution in [0.1, 0.15) is 15.9 Å². The molecule has 0 bridgehead atoms. The lowest BCUT2D eigenvalue weighted by molar-refractivity contribution is 0.0697. The minimum atomic E-state index is -0.941. The third-order valence-electron chi connectivity index (χ3n) is 3.54. The molecular weight excluding hydrogens is 332 g/mol. The van der Waals surface area contributed by atoms with Crippen molar-refractivity contribution < 1.29 is 9.90 Å². The first-order chi connectivity index (χ1) is 9.97. The van der Waals surface area contributed by atoms with Gasteiger partial charge in [0.05, 0.1) is 16.6 Å². The number of aromatic nitrogens is 2. The summed E-state index contributed by atoms with van der Waals surface area (Å²) in [6.45, 7) is 2.03. The number of aromatic carboxylic acids is 1. The predicted octanol–water partition coefficient (Wildman–Crippen LogP) is 4.01. The molecule has 0 aliphatic carbocycles. The second kappa shape index (κ2) is 5.00. The quantitative estimate of drug-likeness (QED) is 0.764. The van der Waals surface area contributed by atoms with Gasteiger partial charge in [0.15, 0.2) is 0 Å². The maximum Gasteiger partial charge on any atom is 0.335 e. The third-order valence-corrected chi connectivity index (χ3v) is 4.43. The molecule has 0 spiro atoms. The van der Waals surface area contributed by atoms with Gasteiger partial charge in [-0.3, -0.25) is 0 Å². The van der Waals surface area contributed by atoms with Gasteiger partial charge in [0.1, 0.15) is 5.82 Å². The van der Waals surface area contributed by atoms with Crippen LogP contribution in [-0.2, 0) is 7.05 Å². The zero-order chi connectivity index (χ0) is 15.1. The molecule has 21 heavy (non-hydrogen) atoms. The van der Waals surface area contributed by atoms with E-state index < -0.39 is 5.97 Å². The van der Waals surface area contributed by atoms with Gasteiger partial charge in [0, 0.05) is 17.1 Å². The van der Waals surface area contributed by atoms with Crippen LogP contribution in [0.25, 0.3) is 22.4 Å². The average molecular weight is 345 g/mol. The predicted molar refractivity (Wildman–Crippen MR) is 85.5 cm³/mol. The summed E-state index contributed by atoms with van der Waals surface area (Å²) < 4.78 is 3.03. The number of hydrogen-bond acceptors (Lipinski definition) is 2. The number of rotatable bonds is 2. The number of fused-ring (bicyclic) bond motifs is 1. The van der Waals surface area contributed by atoms with Crippen molar-refractivity contribution in [1.82, 2.24) is 9.55 Å². The minimum absolute atomic E-state index is 0.249.